The SMILES string of the molecule is CCCCCCCCC#CCCC(=O)c1ccccc1. The lowest BCUT2D eigenvalue weighted by Crippen LogP contribution is -1.97. The van der Waals surface area contributed by atoms with Crippen LogP contribution in [0.3, 0.4) is 0 Å². The molecule has 0 spiro atoms. The zero-order valence-corrected chi connectivity index (χ0v) is 12.7. The third-order valence-electron chi connectivity index (χ3n) is 3.35. The van der Waals surface area contributed by atoms with E-state index in [-0.39, 0.29) is 5.78 Å². The third kappa shape index (κ3) is 7.79. The minimum atomic E-state index is 0.194. The second-order valence-corrected chi connectivity index (χ2v) is 5.16. The van der Waals surface area contributed by atoms with Gasteiger partial charge in [0, 0.05) is 24.8 Å². The standard InChI is InChI=1S/C19H26O/c1-2-3-4-5-6-7-8-9-10-14-17-19(20)18-15-12-11-13-16-18/h11-13,15-16H,2-8,14,17H2,1H3. The van der Waals surface area contributed by atoms with Crippen LogP contribution in [0.25, 0.3) is 0 Å². The van der Waals surface area contributed by atoms with Crippen molar-refractivity contribution < 1.29 is 4.79 Å². The molecule has 0 saturated heterocycles. The molecule has 0 aliphatic heterocycles. The molecule has 1 nitrogen and oxygen atoms in total. The highest BCUT2D eigenvalue weighted by Gasteiger charge is 2.02. The molecule has 0 aliphatic rings. The van der Waals surface area contributed by atoms with Crippen LogP contribution < -0.4 is 0 Å². The van der Waals surface area contributed by atoms with Crippen molar-refractivity contribution in [2.45, 2.75) is 64.7 Å². The van der Waals surface area contributed by atoms with Crippen LogP contribution in [-0.4, -0.2) is 5.78 Å². The molecule has 0 heterocycles. The van der Waals surface area contributed by atoms with Crippen molar-refractivity contribution in [3.63, 3.8) is 0 Å². The molecule has 0 bridgehead atoms. The van der Waals surface area contributed by atoms with Gasteiger partial charge in [-0.25, -0.2) is 0 Å². The summed E-state index contributed by atoms with van der Waals surface area (Å²) in [6.07, 6.45) is 10.0. The number of hydrogen-bond donors (Lipinski definition) is 0. The maximum atomic E-state index is 11.8. The summed E-state index contributed by atoms with van der Waals surface area (Å²) < 4.78 is 0. The van der Waals surface area contributed by atoms with Crippen molar-refractivity contribution in [3.8, 4) is 11.8 Å². The summed E-state index contributed by atoms with van der Waals surface area (Å²) in [6, 6.07) is 9.46. The maximum absolute atomic E-state index is 11.8. The number of benzene rings is 1. The number of ketones is 1. The molecule has 0 unspecified atom stereocenters. The summed E-state index contributed by atoms with van der Waals surface area (Å²) in [4.78, 5) is 11.8. The van der Waals surface area contributed by atoms with Crippen LogP contribution in [0.1, 0.15) is 75.1 Å². The van der Waals surface area contributed by atoms with Crippen molar-refractivity contribution in [1.29, 1.82) is 0 Å². The van der Waals surface area contributed by atoms with Crippen LogP contribution in [0.5, 0.6) is 0 Å². The first kappa shape index (κ1) is 16.5. The summed E-state index contributed by atoms with van der Waals surface area (Å²) in [7, 11) is 0. The van der Waals surface area contributed by atoms with Crippen LogP contribution in [0, 0.1) is 11.8 Å². The second kappa shape index (κ2) is 11.3. The quantitative estimate of drug-likeness (QED) is 0.333. The Balaban J connectivity index is 2.04. The first-order chi connectivity index (χ1) is 9.84. The minimum Gasteiger partial charge on any atom is -0.294 e. The molecule has 0 saturated carbocycles. The van der Waals surface area contributed by atoms with Gasteiger partial charge in [-0.05, 0) is 6.42 Å². The highest BCUT2D eigenvalue weighted by atomic mass is 16.1. The number of rotatable bonds is 9. The zero-order valence-electron chi connectivity index (χ0n) is 12.7. The summed E-state index contributed by atoms with van der Waals surface area (Å²) in [5.41, 5.74) is 0.797. The third-order valence-corrected chi connectivity index (χ3v) is 3.35. The second-order valence-electron chi connectivity index (χ2n) is 5.16. The molecule has 0 fully saturated rings. The molecule has 108 valence electrons. The maximum Gasteiger partial charge on any atom is 0.163 e. The van der Waals surface area contributed by atoms with Gasteiger partial charge >= 0.3 is 0 Å². The van der Waals surface area contributed by atoms with E-state index < -0.39 is 0 Å². The van der Waals surface area contributed by atoms with Gasteiger partial charge in [0.15, 0.2) is 5.78 Å². The minimum absolute atomic E-state index is 0.194. The highest BCUT2D eigenvalue weighted by molar-refractivity contribution is 5.96. The van der Waals surface area contributed by atoms with Gasteiger partial charge in [0.05, 0.1) is 0 Å². The summed E-state index contributed by atoms with van der Waals surface area (Å²) >= 11 is 0. The van der Waals surface area contributed by atoms with Gasteiger partial charge in [0.2, 0.25) is 0 Å². The van der Waals surface area contributed by atoms with E-state index in [1.165, 1.54) is 38.5 Å². The number of carbonyl (C=O) groups excluding carboxylic acids is 1. The first-order valence-electron chi connectivity index (χ1n) is 7.88. The fourth-order valence-electron chi connectivity index (χ4n) is 2.11. The van der Waals surface area contributed by atoms with E-state index in [2.05, 4.69) is 18.8 Å². The topological polar surface area (TPSA) is 17.1 Å². The molecular weight excluding hydrogens is 244 g/mol. The molecule has 1 aromatic carbocycles. The van der Waals surface area contributed by atoms with Crippen LogP contribution >= 0.6 is 0 Å². The lowest BCUT2D eigenvalue weighted by atomic mass is 10.1. The largest absolute Gasteiger partial charge is 0.294 e. The van der Waals surface area contributed by atoms with E-state index in [0.717, 1.165) is 12.0 Å². The van der Waals surface area contributed by atoms with Gasteiger partial charge in [-0.2, -0.15) is 0 Å². The molecule has 1 rings (SSSR count). The predicted octanol–water partition coefficient (Wildman–Crippen LogP) is 5.40. The van der Waals surface area contributed by atoms with E-state index >= 15 is 0 Å². The molecule has 0 amide bonds. The summed E-state index contributed by atoms with van der Waals surface area (Å²) in [5, 5.41) is 0. The number of carbonyl (C=O) groups is 1. The Morgan fingerprint density at radius 3 is 2.30 bits per heavy atom. The Morgan fingerprint density at radius 1 is 0.900 bits per heavy atom. The van der Waals surface area contributed by atoms with Crippen LogP contribution in [-0.2, 0) is 0 Å². The van der Waals surface area contributed by atoms with E-state index in [4.69, 9.17) is 0 Å². The van der Waals surface area contributed by atoms with E-state index in [1.807, 2.05) is 30.3 Å². The Morgan fingerprint density at radius 2 is 1.55 bits per heavy atom. The van der Waals surface area contributed by atoms with E-state index in [0.29, 0.717) is 12.8 Å². The molecule has 0 radical (unpaired) electrons. The fourth-order valence-corrected chi connectivity index (χ4v) is 2.11. The Labute approximate surface area is 123 Å². The Hall–Kier alpha value is -1.55. The average molecular weight is 270 g/mol. The predicted molar refractivity (Wildman–Crippen MR) is 85.8 cm³/mol. The van der Waals surface area contributed by atoms with Crippen LogP contribution in [0.15, 0.2) is 30.3 Å². The van der Waals surface area contributed by atoms with Crippen LogP contribution in [0.2, 0.25) is 0 Å². The molecule has 0 N–H and O–H groups in total. The number of Topliss-reactive ketones (excluding diaryl/α,β-unsaturated/α-hetero) is 1. The molecule has 20 heavy (non-hydrogen) atoms. The van der Waals surface area contributed by atoms with Crippen molar-refractivity contribution in [2.75, 3.05) is 0 Å². The van der Waals surface area contributed by atoms with Gasteiger partial charge in [-0.1, -0.05) is 69.4 Å². The van der Waals surface area contributed by atoms with E-state index in [1.54, 1.807) is 0 Å². The first-order valence-corrected chi connectivity index (χ1v) is 7.88. The van der Waals surface area contributed by atoms with E-state index in [9.17, 15) is 4.79 Å². The molecule has 1 aromatic rings. The Kier molecular flexibility index (Phi) is 9.32. The lowest BCUT2D eigenvalue weighted by Gasteiger charge is -1.97. The summed E-state index contributed by atoms with van der Waals surface area (Å²) in [6.45, 7) is 2.24. The summed E-state index contributed by atoms with van der Waals surface area (Å²) in [5.74, 6) is 6.49. The molecular formula is C19H26O. The van der Waals surface area contributed by atoms with Crippen molar-refractivity contribution in [2.24, 2.45) is 0 Å². The van der Waals surface area contributed by atoms with Crippen LogP contribution in [0.4, 0.5) is 0 Å². The molecule has 0 aliphatic carbocycles. The number of unbranched alkanes of at least 4 members (excludes halogenated alkanes) is 6. The monoisotopic (exact) mass is 270 g/mol. The van der Waals surface area contributed by atoms with Gasteiger partial charge < -0.3 is 0 Å². The number of hydrogen-bond acceptors (Lipinski definition) is 1. The van der Waals surface area contributed by atoms with Crippen molar-refractivity contribution >= 4 is 5.78 Å². The highest BCUT2D eigenvalue weighted by Crippen LogP contribution is 2.07. The van der Waals surface area contributed by atoms with Crippen molar-refractivity contribution in [1.82, 2.24) is 0 Å². The molecule has 0 aromatic heterocycles. The zero-order chi connectivity index (χ0) is 14.5. The van der Waals surface area contributed by atoms with Gasteiger partial charge in [0.1, 0.15) is 0 Å². The Bertz CT molecular complexity index is 422. The normalized spacial score (nSPS) is 9.85. The van der Waals surface area contributed by atoms with Gasteiger partial charge in [-0.3, -0.25) is 4.79 Å². The smallest absolute Gasteiger partial charge is 0.163 e. The van der Waals surface area contributed by atoms with Gasteiger partial charge in [0.25, 0.3) is 0 Å². The molecule has 1 heteroatoms. The fraction of sp³-hybridized carbons (Fsp3) is 0.526. The average Bonchev–Trinajstić information content (AvgIpc) is 2.50. The van der Waals surface area contributed by atoms with Crippen molar-refractivity contribution in [3.05, 3.63) is 35.9 Å². The molecule has 0 atom stereocenters. The van der Waals surface area contributed by atoms with Gasteiger partial charge in [-0.15, -0.1) is 11.8 Å². The lowest BCUT2D eigenvalue weighted by molar-refractivity contribution is 0.0984.